The van der Waals surface area contributed by atoms with Crippen molar-refractivity contribution in [1.29, 1.82) is 0 Å². The van der Waals surface area contributed by atoms with E-state index in [0.29, 0.717) is 5.92 Å². The van der Waals surface area contributed by atoms with Crippen LogP contribution in [-0.2, 0) is 4.74 Å². The lowest BCUT2D eigenvalue weighted by Gasteiger charge is -2.25. The first-order valence-electron chi connectivity index (χ1n) is 6.58. The molecule has 2 atom stereocenters. The third kappa shape index (κ3) is 2.70. The second kappa shape index (κ2) is 5.19. The van der Waals surface area contributed by atoms with Gasteiger partial charge in [0.2, 0.25) is 0 Å². The predicted octanol–water partition coefficient (Wildman–Crippen LogP) is 3.12. The number of ether oxygens (including phenoxy) is 1. The average molecular weight is 233 g/mol. The second-order valence-electron chi connectivity index (χ2n) is 5.07. The van der Waals surface area contributed by atoms with Gasteiger partial charge in [0.1, 0.15) is 0 Å². The molecule has 1 aromatic carbocycles. The van der Waals surface area contributed by atoms with Gasteiger partial charge in [-0.25, -0.2) is 0 Å². The van der Waals surface area contributed by atoms with Crippen LogP contribution in [0.2, 0.25) is 0 Å². The summed E-state index contributed by atoms with van der Waals surface area (Å²) in [6, 6.07) is 6.38. The van der Waals surface area contributed by atoms with E-state index in [-0.39, 0.29) is 12.1 Å². The fourth-order valence-corrected chi connectivity index (χ4v) is 2.46. The maximum Gasteiger partial charge on any atom is 0.0795 e. The van der Waals surface area contributed by atoms with E-state index >= 15 is 0 Å². The van der Waals surface area contributed by atoms with Crippen molar-refractivity contribution >= 4 is 0 Å². The van der Waals surface area contributed by atoms with Gasteiger partial charge in [0.05, 0.1) is 12.1 Å². The monoisotopic (exact) mass is 233 g/mol. The van der Waals surface area contributed by atoms with E-state index in [1.165, 1.54) is 29.5 Å². The molecule has 2 nitrogen and oxygen atoms in total. The summed E-state index contributed by atoms with van der Waals surface area (Å²) in [6.07, 6.45) is 2.73. The van der Waals surface area contributed by atoms with Gasteiger partial charge in [0.25, 0.3) is 0 Å². The molecule has 0 saturated heterocycles. The van der Waals surface area contributed by atoms with Gasteiger partial charge in [-0.2, -0.15) is 0 Å². The Balaban J connectivity index is 2.21. The number of rotatable bonds is 5. The van der Waals surface area contributed by atoms with Crippen LogP contribution in [0.3, 0.4) is 0 Å². The van der Waals surface area contributed by atoms with Crippen LogP contribution in [0.15, 0.2) is 18.2 Å². The number of benzene rings is 1. The van der Waals surface area contributed by atoms with Crippen LogP contribution in [0.25, 0.3) is 0 Å². The summed E-state index contributed by atoms with van der Waals surface area (Å²) in [6.45, 7) is 7.09. The van der Waals surface area contributed by atoms with Crippen LogP contribution in [-0.4, -0.2) is 12.7 Å². The Morgan fingerprint density at radius 3 is 2.65 bits per heavy atom. The van der Waals surface area contributed by atoms with Crippen molar-refractivity contribution < 1.29 is 4.74 Å². The molecule has 0 radical (unpaired) electrons. The van der Waals surface area contributed by atoms with E-state index in [1.807, 2.05) is 6.92 Å². The highest BCUT2D eigenvalue weighted by molar-refractivity contribution is 5.36. The van der Waals surface area contributed by atoms with Gasteiger partial charge < -0.3 is 10.5 Å². The first kappa shape index (κ1) is 12.6. The molecule has 0 aliphatic heterocycles. The highest BCUT2D eigenvalue weighted by atomic mass is 16.5. The number of aryl methyl sites for hydroxylation is 1. The molecule has 94 valence electrons. The van der Waals surface area contributed by atoms with Crippen LogP contribution in [0.5, 0.6) is 0 Å². The van der Waals surface area contributed by atoms with Crippen molar-refractivity contribution in [3.63, 3.8) is 0 Å². The lowest BCUT2D eigenvalue weighted by atomic mass is 9.93. The molecule has 1 saturated carbocycles. The van der Waals surface area contributed by atoms with Crippen molar-refractivity contribution in [3.8, 4) is 0 Å². The quantitative estimate of drug-likeness (QED) is 0.848. The third-order valence-corrected chi connectivity index (χ3v) is 3.81. The molecule has 0 spiro atoms. The lowest BCUT2D eigenvalue weighted by Crippen LogP contribution is -2.31. The maximum absolute atomic E-state index is 6.41. The molecule has 0 aromatic heterocycles. The molecule has 17 heavy (non-hydrogen) atoms. The van der Waals surface area contributed by atoms with Gasteiger partial charge >= 0.3 is 0 Å². The fourth-order valence-electron chi connectivity index (χ4n) is 2.46. The van der Waals surface area contributed by atoms with Gasteiger partial charge in [-0.1, -0.05) is 18.2 Å². The molecule has 2 unspecified atom stereocenters. The molecule has 1 aromatic rings. The van der Waals surface area contributed by atoms with Crippen LogP contribution in [0, 0.1) is 19.8 Å². The largest absolute Gasteiger partial charge is 0.376 e. The van der Waals surface area contributed by atoms with E-state index in [4.69, 9.17) is 10.5 Å². The van der Waals surface area contributed by atoms with E-state index < -0.39 is 0 Å². The van der Waals surface area contributed by atoms with Gasteiger partial charge in [-0.05, 0) is 56.2 Å². The van der Waals surface area contributed by atoms with Gasteiger partial charge in [0, 0.05) is 6.61 Å². The van der Waals surface area contributed by atoms with Crippen molar-refractivity contribution in [3.05, 3.63) is 34.9 Å². The zero-order chi connectivity index (χ0) is 12.4. The summed E-state index contributed by atoms with van der Waals surface area (Å²) in [5, 5.41) is 0. The summed E-state index contributed by atoms with van der Waals surface area (Å²) < 4.78 is 5.85. The molecule has 2 N–H and O–H groups in total. The first-order chi connectivity index (χ1) is 8.15. The normalized spacial score (nSPS) is 19.1. The topological polar surface area (TPSA) is 35.2 Å². The minimum absolute atomic E-state index is 0.0161. The zero-order valence-electron chi connectivity index (χ0n) is 11.1. The Kier molecular flexibility index (Phi) is 3.85. The lowest BCUT2D eigenvalue weighted by molar-refractivity contribution is 0.0281. The summed E-state index contributed by atoms with van der Waals surface area (Å²) in [5.74, 6) is 0.671. The van der Waals surface area contributed by atoms with E-state index in [2.05, 4.69) is 32.0 Å². The molecule has 2 rings (SSSR count). The van der Waals surface area contributed by atoms with Gasteiger partial charge in [-0.15, -0.1) is 0 Å². The van der Waals surface area contributed by atoms with Gasteiger partial charge in [0.15, 0.2) is 0 Å². The SMILES string of the molecule is CCOC(C1CC1)C(N)c1cccc(C)c1C. The summed E-state index contributed by atoms with van der Waals surface area (Å²) in [4.78, 5) is 0. The number of nitrogens with two attached hydrogens (primary N) is 1. The Labute approximate surface area is 104 Å². The van der Waals surface area contributed by atoms with Gasteiger partial charge in [-0.3, -0.25) is 0 Å². The molecular formula is C15H23NO. The minimum atomic E-state index is 0.0161. The number of hydrogen-bond acceptors (Lipinski definition) is 2. The summed E-state index contributed by atoms with van der Waals surface area (Å²) in [5.41, 5.74) is 10.3. The highest BCUT2D eigenvalue weighted by Gasteiger charge is 2.36. The fraction of sp³-hybridized carbons (Fsp3) is 0.600. The number of hydrogen-bond donors (Lipinski definition) is 1. The highest BCUT2D eigenvalue weighted by Crippen LogP contribution is 2.39. The Hall–Kier alpha value is -0.860. The van der Waals surface area contributed by atoms with Crippen LogP contribution in [0.4, 0.5) is 0 Å². The van der Waals surface area contributed by atoms with Crippen molar-refractivity contribution in [1.82, 2.24) is 0 Å². The summed E-state index contributed by atoms with van der Waals surface area (Å²) in [7, 11) is 0. The molecule has 2 heteroatoms. The molecule has 1 aliphatic carbocycles. The molecule has 1 aliphatic rings. The van der Waals surface area contributed by atoms with E-state index in [1.54, 1.807) is 0 Å². The average Bonchev–Trinajstić information content (AvgIpc) is 3.13. The Morgan fingerprint density at radius 2 is 2.06 bits per heavy atom. The molecule has 0 bridgehead atoms. The Bertz CT molecular complexity index is 385. The minimum Gasteiger partial charge on any atom is -0.376 e. The summed E-state index contributed by atoms with van der Waals surface area (Å²) >= 11 is 0. The standard InChI is InChI=1S/C15H23NO/c1-4-17-15(12-8-9-12)14(16)13-7-5-6-10(2)11(13)3/h5-7,12,14-15H,4,8-9,16H2,1-3H3. The molecule has 0 amide bonds. The van der Waals surface area contributed by atoms with Crippen LogP contribution >= 0.6 is 0 Å². The van der Waals surface area contributed by atoms with Crippen molar-refractivity contribution in [2.45, 2.75) is 45.8 Å². The molecule has 1 fully saturated rings. The molecular weight excluding hydrogens is 210 g/mol. The van der Waals surface area contributed by atoms with Crippen molar-refractivity contribution in [2.75, 3.05) is 6.61 Å². The smallest absolute Gasteiger partial charge is 0.0795 e. The second-order valence-corrected chi connectivity index (χ2v) is 5.07. The predicted molar refractivity (Wildman–Crippen MR) is 71.0 cm³/mol. The van der Waals surface area contributed by atoms with Crippen LogP contribution in [0.1, 0.15) is 42.5 Å². The molecule has 0 heterocycles. The zero-order valence-corrected chi connectivity index (χ0v) is 11.1. The van der Waals surface area contributed by atoms with Crippen LogP contribution < -0.4 is 5.73 Å². The maximum atomic E-state index is 6.41. The Morgan fingerprint density at radius 1 is 1.35 bits per heavy atom. The third-order valence-electron chi connectivity index (χ3n) is 3.81. The van der Waals surface area contributed by atoms with Crippen molar-refractivity contribution in [2.24, 2.45) is 11.7 Å². The van der Waals surface area contributed by atoms with E-state index in [0.717, 1.165) is 6.61 Å². The first-order valence-corrected chi connectivity index (χ1v) is 6.58. The van der Waals surface area contributed by atoms with E-state index in [9.17, 15) is 0 Å².